The van der Waals surface area contributed by atoms with Gasteiger partial charge < -0.3 is 10.1 Å². The largest absolute Gasteiger partial charge is 0.493 e. The number of nitrogens with zero attached hydrogens (tertiary/aromatic N) is 1. The first-order valence-electron chi connectivity index (χ1n) is 5.54. The fourth-order valence-electron chi connectivity index (χ4n) is 1.85. The third kappa shape index (κ3) is 1.89. The topological polar surface area (TPSA) is 66.0 Å². The Morgan fingerprint density at radius 3 is 2.73 bits per heavy atom. The van der Waals surface area contributed by atoms with E-state index in [9.17, 15) is 9.90 Å². The lowest BCUT2D eigenvalue weighted by atomic mass is 9.85. The molecule has 0 saturated heterocycles. The van der Waals surface area contributed by atoms with Crippen LogP contribution in [0.4, 0.5) is 0 Å². The van der Waals surface area contributed by atoms with Crippen LogP contribution < -0.4 is 5.56 Å². The molecule has 0 atom stereocenters. The Balaban J connectivity index is 2.33. The highest BCUT2D eigenvalue weighted by atomic mass is 16.3. The van der Waals surface area contributed by atoms with Crippen LogP contribution in [0.5, 0.6) is 5.88 Å². The Labute approximate surface area is 88.4 Å². The first-order chi connectivity index (χ1) is 7.22. The number of hydrogen-bond donors (Lipinski definition) is 2. The van der Waals surface area contributed by atoms with E-state index in [0.29, 0.717) is 23.7 Å². The summed E-state index contributed by atoms with van der Waals surface area (Å²) in [7, 11) is 0. The zero-order valence-electron chi connectivity index (χ0n) is 8.92. The molecule has 1 aliphatic carbocycles. The monoisotopic (exact) mass is 208 g/mol. The molecule has 0 bridgehead atoms. The molecule has 2 N–H and O–H groups in total. The highest BCUT2D eigenvalue weighted by molar-refractivity contribution is 5.23. The van der Waals surface area contributed by atoms with Gasteiger partial charge in [0.05, 0.1) is 5.56 Å². The average molecular weight is 208 g/mol. The van der Waals surface area contributed by atoms with Crippen molar-refractivity contribution in [2.45, 2.75) is 44.9 Å². The van der Waals surface area contributed by atoms with E-state index in [4.69, 9.17) is 0 Å². The first kappa shape index (κ1) is 10.2. The average Bonchev–Trinajstić information content (AvgIpc) is 2.08. The minimum atomic E-state index is -0.175. The minimum absolute atomic E-state index is 0.0810. The third-order valence-corrected chi connectivity index (χ3v) is 3.00. The van der Waals surface area contributed by atoms with Crippen molar-refractivity contribution in [1.29, 1.82) is 0 Å². The molecule has 4 nitrogen and oxygen atoms in total. The van der Waals surface area contributed by atoms with Gasteiger partial charge in [-0.3, -0.25) is 4.79 Å². The van der Waals surface area contributed by atoms with Crippen LogP contribution in [0.25, 0.3) is 0 Å². The highest BCUT2D eigenvalue weighted by Crippen LogP contribution is 2.34. The summed E-state index contributed by atoms with van der Waals surface area (Å²) in [5.41, 5.74) is 0.242. The summed E-state index contributed by atoms with van der Waals surface area (Å²) in [5, 5.41) is 9.64. The molecule has 82 valence electrons. The SMILES string of the molecule is CCCc1c(O)nc(C2CCC2)[nH]c1=O. The lowest BCUT2D eigenvalue weighted by molar-refractivity contribution is 0.383. The molecule has 0 amide bonds. The molecule has 1 fully saturated rings. The predicted octanol–water partition coefficient (Wildman–Crippen LogP) is 1.70. The van der Waals surface area contributed by atoms with Gasteiger partial charge in [0, 0.05) is 5.92 Å². The Morgan fingerprint density at radius 2 is 2.27 bits per heavy atom. The van der Waals surface area contributed by atoms with E-state index in [0.717, 1.165) is 19.3 Å². The van der Waals surface area contributed by atoms with Crippen LogP contribution >= 0.6 is 0 Å². The van der Waals surface area contributed by atoms with Crippen molar-refractivity contribution in [2.75, 3.05) is 0 Å². The van der Waals surface area contributed by atoms with E-state index in [1.807, 2.05) is 6.92 Å². The zero-order valence-corrected chi connectivity index (χ0v) is 8.92. The van der Waals surface area contributed by atoms with E-state index < -0.39 is 0 Å². The molecule has 0 radical (unpaired) electrons. The predicted molar refractivity (Wildman–Crippen MR) is 57.1 cm³/mol. The second-order valence-electron chi connectivity index (χ2n) is 4.13. The lowest BCUT2D eigenvalue weighted by Crippen LogP contribution is -2.21. The van der Waals surface area contributed by atoms with Crippen molar-refractivity contribution in [1.82, 2.24) is 9.97 Å². The van der Waals surface area contributed by atoms with Crippen molar-refractivity contribution >= 4 is 0 Å². The summed E-state index contributed by atoms with van der Waals surface area (Å²) in [5.74, 6) is 0.922. The number of rotatable bonds is 3. The number of aromatic nitrogens is 2. The Bertz CT molecular complexity index is 408. The van der Waals surface area contributed by atoms with Crippen LogP contribution in [0, 0.1) is 0 Å². The molecule has 1 heterocycles. The fraction of sp³-hybridized carbons (Fsp3) is 0.636. The van der Waals surface area contributed by atoms with Gasteiger partial charge >= 0.3 is 0 Å². The normalized spacial score (nSPS) is 16.3. The van der Waals surface area contributed by atoms with Gasteiger partial charge in [0.1, 0.15) is 5.82 Å². The molecule has 15 heavy (non-hydrogen) atoms. The van der Waals surface area contributed by atoms with Crippen LogP contribution in [0.2, 0.25) is 0 Å². The number of hydrogen-bond acceptors (Lipinski definition) is 3. The van der Waals surface area contributed by atoms with Crippen molar-refractivity contribution in [3.05, 3.63) is 21.7 Å². The smallest absolute Gasteiger partial charge is 0.257 e. The van der Waals surface area contributed by atoms with Crippen LogP contribution in [0.3, 0.4) is 0 Å². The molecular weight excluding hydrogens is 192 g/mol. The van der Waals surface area contributed by atoms with Crippen molar-refractivity contribution in [3.8, 4) is 5.88 Å². The summed E-state index contributed by atoms with van der Waals surface area (Å²) in [4.78, 5) is 18.5. The van der Waals surface area contributed by atoms with E-state index >= 15 is 0 Å². The minimum Gasteiger partial charge on any atom is -0.493 e. The first-order valence-corrected chi connectivity index (χ1v) is 5.54. The van der Waals surface area contributed by atoms with Gasteiger partial charge in [-0.15, -0.1) is 0 Å². The summed E-state index contributed by atoms with van der Waals surface area (Å²) in [6.45, 7) is 1.97. The molecule has 1 aromatic rings. The zero-order chi connectivity index (χ0) is 10.8. The maximum absolute atomic E-state index is 11.6. The van der Waals surface area contributed by atoms with E-state index in [1.54, 1.807) is 0 Å². The molecule has 1 aliphatic rings. The highest BCUT2D eigenvalue weighted by Gasteiger charge is 2.23. The van der Waals surface area contributed by atoms with Crippen molar-refractivity contribution in [2.24, 2.45) is 0 Å². The van der Waals surface area contributed by atoms with E-state index in [-0.39, 0.29) is 11.4 Å². The Hall–Kier alpha value is -1.32. The van der Waals surface area contributed by atoms with Crippen LogP contribution in [0.15, 0.2) is 4.79 Å². The Kier molecular flexibility index (Phi) is 2.75. The van der Waals surface area contributed by atoms with Gasteiger partial charge in [0.15, 0.2) is 0 Å². The number of aromatic hydroxyl groups is 1. The van der Waals surface area contributed by atoms with Gasteiger partial charge in [-0.2, -0.15) is 4.98 Å². The standard InChI is InChI=1S/C11H16N2O2/c1-2-4-8-10(14)12-9(13-11(8)15)7-5-3-6-7/h7H,2-6H2,1H3,(H2,12,13,14,15). The van der Waals surface area contributed by atoms with Crippen molar-refractivity contribution < 1.29 is 5.11 Å². The molecular formula is C11H16N2O2. The summed E-state index contributed by atoms with van der Waals surface area (Å²) >= 11 is 0. The Morgan fingerprint density at radius 1 is 1.53 bits per heavy atom. The van der Waals surface area contributed by atoms with E-state index in [1.165, 1.54) is 6.42 Å². The molecule has 4 heteroatoms. The molecule has 0 aromatic carbocycles. The second kappa shape index (κ2) is 4.04. The third-order valence-electron chi connectivity index (χ3n) is 3.00. The molecule has 1 saturated carbocycles. The maximum atomic E-state index is 11.6. The van der Waals surface area contributed by atoms with Crippen LogP contribution in [0.1, 0.15) is 49.9 Å². The molecule has 1 aromatic heterocycles. The lowest BCUT2D eigenvalue weighted by Gasteiger charge is -2.24. The van der Waals surface area contributed by atoms with Gasteiger partial charge in [-0.1, -0.05) is 19.8 Å². The maximum Gasteiger partial charge on any atom is 0.257 e. The van der Waals surface area contributed by atoms with E-state index in [2.05, 4.69) is 9.97 Å². The number of H-pyrrole nitrogens is 1. The van der Waals surface area contributed by atoms with Gasteiger partial charge in [0.25, 0.3) is 5.56 Å². The molecule has 2 rings (SSSR count). The summed E-state index contributed by atoms with van der Waals surface area (Å²) in [6.07, 6.45) is 4.73. The number of aromatic amines is 1. The summed E-state index contributed by atoms with van der Waals surface area (Å²) < 4.78 is 0. The number of nitrogens with one attached hydrogen (secondary N) is 1. The second-order valence-corrected chi connectivity index (χ2v) is 4.13. The van der Waals surface area contributed by atoms with Crippen LogP contribution in [-0.4, -0.2) is 15.1 Å². The fourth-order valence-corrected chi connectivity index (χ4v) is 1.85. The van der Waals surface area contributed by atoms with Gasteiger partial charge in [-0.05, 0) is 19.3 Å². The quantitative estimate of drug-likeness (QED) is 0.794. The van der Waals surface area contributed by atoms with Gasteiger partial charge in [0.2, 0.25) is 5.88 Å². The van der Waals surface area contributed by atoms with Crippen LogP contribution in [-0.2, 0) is 6.42 Å². The molecule has 0 unspecified atom stereocenters. The van der Waals surface area contributed by atoms with Gasteiger partial charge in [-0.25, -0.2) is 0 Å². The molecule has 0 aliphatic heterocycles. The summed E-state index contributed by atoms with van der Waals surface area (Å²) in [6, 6.07) is 0. The molecule has 0 spiro atoms. The van der Waals surface area contributed by atoms with Crippen molar-refractivity contribution in [3.63, 3.8) is 0 Å².